The lowest BCUT2D eigenvalue weighted by atomic mass is 9.82. The smallest absolute Gasteiger partial charge is 0.224 e. The van der Waals surface area contributed by atoms with Crippen LogP contribution in [0.3, 0.4) is 0 Å². The summed E-state index contributed by atoms with van der Waals surface area (Å²) in [6, 6.07) is 13.3. The molecule has 4 atom stereocenters. The van der Waals surface area contributed by atoms with Crippen molar-refractivity contribution in [3.63, 3.8) is 0 Å². The van der Waals surface area contributed by atoms with E-state index in [9.17, 15) is 4.79 Å². The number of nitrogens with one attached hydrogen (secondary N) is 5. The number of imidazole rings is 1. The summed E-state index contributed by atoms with van der Waals surface area (Å²) in [5.74, 6) is 1.65. The zero-order valence-electron chi connectivity index (χ0n) is 21.3. The fraction of sp³-hybridized carbons (Fsp3) is 0.393. The van der Waals surface area contributed by atoms with E-state index >= 15 is 0 Å². The molecule has 6 rings (SSSR count). The summed E-state index contributed by atoms with van der Waals surface area (Å²) >= 11 is 1.80. The van der Waals surface area contributed by atoms with Gasteiger partial charge in [-0.2, -0.15) is 0 Å². The monoisotopic (exact) mass is 515 g/mol. The van der Waals surface area contributed by atoms with Crippen LogP contribution in [0, 0.1) is 18.8 Å². The summed E-state index contributed by atoms with van der Waals surface area (Å²) in [5, 5.41) is 6.67. The molecule has 2 aliphatic rings. The number of hydrogen-bond donors (Lipinski definition) is 5. The molecule has 5 heterocycles. The van der Waals surface area contributed by atoms with E-state index in [2.05, 4.69) is 68.7 Å². The Hall–Kier alpha value is -3.11. The normalized spacial score (nSPS) is 23.5. The first-order chi connectivity index (χ1) is 17.9. The first-order valence-corrected chi connectivity index (χ1v) is 13.8. The van der Waals surface area contributed by atoms with Crippen molar-refractivity contribution in [2.45, 2.75) is 51.7 Å². The molecule has 0 spiro atoms. The summed E-state index contributed by atoms with van der Waals surface area (Å²) in [4.78, 5) is 27.9. The van der Waals surface area contributed by atoms with Crippen LogP contribution >= 0.6 is 11.3 Å². The van der Waals surface area contributed by atoms with Gasteiger partial charge >= 0.3 is 0 Å². The van der Waals surface area contributed by atoms with E-state index in [1.54, 1.807) is 17.5 Å². The van der Waals surface area contributed by atoms with E-state index in [4.69, 9.17) is 4.98 Å². The predicted octanol–water partition coefficient (Wildman–Crippen LogP) is 4.85. The molecule has 2 fully saturated rings. The van der Waals surface area contributed by atoms with Crippen LogP contribution in [0.5, 0.6) is 0 Å². The molecule has 4 aromatic rings. The highest BCUT2D eigenvalue weighted by molar-refractivity contribution is 7.15. The molecule has 9 heteroatoms. The standard InChI is InChI=1S/C28H33N7OS/c1-15(2)9-25(36)31-18-10-17(12-29-13-18)22-11-20-23(14-30-22)34-35-27(20)28-32-21-6-4-5-19(26(21)33-28)24-8-7-16(3)37-24/h4-8,10,12-13,15,20,22-23,27,30,34-35H,9,11,14H2,1-3H3,(H,31,36)(H,32,33). The maximum atomic E-state index is 12.3. The van der Waals surface area contributed by atoms with Gasteiger partial charge in [0.2, 0.25) is 5.91 Å². The lowest BCUT2D eigenvalue weighted by Crippen LogP contribution is -2.46. The van der Waals surface area contributed by atoms with E-state index in [0.29, 0.717) is 24.3 Å². The highest BCUT2D eigenvalue weighted by atomic mass is 32.1. The molecule has 2 aliphatic heterocycles. The van der Waals surface area contributed by atoms with Crippen LogP contribution in [-0.4, -0.2) is 33.4 Å². The highest BCUT2D eigenvalue weighted by Crippen LogP contribution is 2.39. The summed E-state index contributed by atoms with van der Waals surface area (Å²) < 4.78 is 0. The highest BCUT2D eigenvalue weighted by Gasteiger charge is 2.42. The fourth-order valence-electron chi connectivity index (χ4n) is 5.57. The number of carbonyl (C=O) groups is 1. The van der Waals surface area contributed by atoms with Crippen molar-refractivity contribution in [1.29, 1.82) is 0 Å². The second kappa shape index (κ2) is 9.98. The molecule has 0 bridgehead atoms. The zero-order chi connectivity index (χ0) is 25.5. The third kappa shape index (κ3) is 4.92. The van der Waals surface area contributed by atoms with Crippen molar-refractivity contribution in [1.82, 2.24) is 31.1 Å². The van der Waals surface area contributed by atoms with Gasteiger partial charge in [-0.3, -0.25) is 15.2 Å². The van der Waals surface area contributed by atoms with Crippen molar-refractivity contribution in [2.24, 2.45) is 11.8 Å². The molecule has 4 unspecified atom stereocenters. The molecule has 0 saturated carbocycles. The average Bonchev–Trinajstić information content (AvgIpc) is 3.60. The van der Waals surface area contributed by atoms with Crippen molar-refractivity contribution < 1.29 is 4.79 Å². The lowest BCUT2D eigenvalue weighted by molar-refractivity contribution is -0.116. The number of pyridine rings is 1. The number of carbonyl (C=O) groups excluding carboxylic acids is 1. The van der Waals surface area contributed by atoms with Crippen molar-refractivity contribution in [3.8, 4) is 10.4 Å². The van der Waals surface area contributed by atoms with E-state index < -0.39 is 0 Å². The van der Waals surface area contributed by atoms with Gasteiger partial charge in [-0.25, -0.2) is 10.4 Å². The van der Waals surface area contributed by atoms with Crippen LogP contribution in [0.15, 0.2) is 48.8 Å². The topological polar surface area (TPSA) is 107 Å². The number of rotatable bonds is 6. The maximum Gasteiger partial charge on any atom is 0.224 e. The van der Waals surface area contributed by atoms with Gasteiger partial charge in [0.15, 0.2) is 0 Å². The summed E-state index contributed by atoms with van der Waals surface area (Å²) in [6.45, 7) is 7.06. The van der Waals surface area contributed by atoms with E-state index in [0.717, 1.165) is 41.1 Å². The molecular formula is C28H33N7OS. The van der Waals surface area contributed by atoms with Gasteiger partial charge in [0.25, 0.3) is 0 Å². The zero-order valence-corrected chi connectivity index (χ0v) is 22.2. The quantitative estimate of drug-likeness (QED) is 0.251. The Labute approximate surface area is 220 Å². The van der Waals surface area contributed by atoms with Crippen LogP contribution in [0.4, 0.5) is 5.69 Å². The molecule has 0 aliphatic carbocycles. The SMILES string of the molecule is Cc1ccc(-c2cccc3[nH]c(C4NNC5CNC(c6cncc(NC(=O)CC(C)C)c6)CC54)nc23)s1. The maximum absolute atomic E-state index is 12.3. The fourth-order valence-corrected chi connectivity index (χ4v) is 6.47. The molecule has 5 N–H and O–H groups in total. The molecule has 1 amide bonds. The number of para-hydroxylation sites is 1. The number of aromatic nitrogens is 3. The van der Waals surface area contributed by atoms with Crippen molar-refractivity contribution in [3.05, 3.63) is 65.1 Å². The first kappa shape index (κ1) is 24.2. The van der Waals surface area contributed by atoms with Gasteiger partial charge in [-0.05, 0) is 49.1 Å². The number of benzene rings is 1. The summed E-state index contributed by atoms with van der Waals surface area (Å²) in [7, 11) is 0. The third-order valence-corrected chi connectivity index (χ3v) is 8.37. The molecule has 2 saturated heterocycles. The Bertz CT molecular complexity index is 1430. The third-order valence-electron chi connectivity index (χ3n) is 7.33. The number of nitrogens with zero attached hydrogens (tertiary/aromatic N) is 2. The van der Waals surface area contributed by atoms with Crippen LogP contribution in [0.2, 0.25) is 0 Å². The number of hydrogen-bond acceptors (Lipinski definition) is 7. The Kier molecular flexibility index (Phi) is 6.54. The lowest BCUT2D eigenvalue weighted by Gasteiger charge is -2.34. The van der Waals surface area contributed by atoms with Gasteiger partial charge < -0.3 is 15.6 Å². The number of amides is 1. The molecule has 8 nitrogen and oxygen atoms in total. The predicted molar refractivity (Wildman–Crippen MR) is 148 cm³/mol. The van der Waals surface area contributed by atoms with Crippen LogP contribution < -0.4 is 21.5 Å². The molecular weight excluding hydrogens is 482 g/mol. The number of piperidine rings is 1. The van der Waals surface area contributed by atoms with Gasteiger partial charge in [-0.15, -0.1) is 11.3 Å². The Balaban J connectivity index is 1.23. The first-order valence-electron chi connectivity index (χ1n) is 13.0. The van der Waals surface area contributed by atoms with E-state index in [1.165, 1.54) is 15.3 Å². The minimum Gasteiger partial charge on any atom is -0.341 e. The summed E-state index contributed by atoms with van der Waals surface area (Å²) in [6.07, 6.45) is 5.04. The van der Waals surface area contributed by atoms with Gasteiger partial charge in [0, 0.05) is 52.5 Å². The van der Waals surface area contributed by atoms with Gasteiger partial charge in [0.05, 0.1) is 29.0 Å². The van der Waals surface area contributed by atoms with Crippen LogP contribution in [0.25, 0.3) is 21.5 Å². The minimum absolute atomic E-state index is 0.0249. The number of fused-ring (bicyclic) bond motifs is 2. The molecule has 37 heavy (non-hydrogen) atoms. The van der Waals surface area contributed by atoms with Gasteiger partial charge in [-0.1, -0.05) is 26.0 Å². The second-order valence-electron chi connectivity index (χ2n) is 10.6. The molecule has 192 valence electrons. The van der Waals surface area contributed by atoms with Crippen molar-refractivity contribution in [2.75, 3.05) is 11.9 Å². The van der Waals surface area contributed by atoms with Crippen LogP contribution in [0.1, 0.15) is 55.0 Å². The number of thiophene rings is 1. The second-order valence-corrected chi connectivity index (χ2v) is 11.9. The van der Waals surface area contributed by atoms with E-state index in [1.807, 2.05) is 26.1 Å². The Morgan fingerprint density at radius 1 is 1.19 bits per heavy atom. The number of hydrazine groups is 1. The minimum atomic E-state index is 0.0249. The Morgan fingerprint density at radius 3 is 2.89 bits per heavy atom. The van der Waals surface area contributed by atoms with Crippen molar-refractivity contribution >= 4 is 34.0 Å². The van der Waals surface area contributed by atoms with Crippen LogP contribution in [-0.2, 0) is 4.79 Å². The van der Waals surface area contributed by atoms with Gasteiger partial charge in [0.1, 0.15) is 5.82 Å². The number of aromatic amines is 1. The number of anilines is 1. The summed E-state index contributed by atoms with van der Waals surface area (Å²) in [5.41, 5.74) is 12.1. The number of H-pyrrole nitrogens is 1. The molecule has 0 radical (unpaired) electrons. The largest absolute Gasteiger partial charge is 0.341 e. The Morgan fingerprint density at radius 2 is 2.08 bits per heavy atom. The molecule has 3 aromatic heterocycles. The van der Waals surface area contributed by atoms with E-state index in [-0.39, 0.29) is 18.0 Å². The molecule has 1 aromatic carbocycles. The number of aryl methyl sites for hydroxylation is 1. The average molecular weight is 516 g/mol.